The Balaban J connectivity index is 2.15. The minimum Gasteiger partial charge on any atom is -0.368 e. The Bertz CT molecular complexity index is 569. The molecule has 1 aromatic carbocycles. The Hall–Kier alpha value is -1.17. The minimum absolute atomic E-state index is 0.368. The minimum atomic E-state index is -0.473. The van der Waals surface area contributed by atoms with Gasteiger partial charge in [0, 0.05) is 15.9 Å². The van der Waals surface area contributed by atoms with Crippen LogP contribution in [0.5, 0.6) is 0 Å². The fraction of sp³-hybridized carbons (Fsp3) is 0.214. The predicted molar refractivity (Wildman–Crippen MR) is 82.0 cm³/mol. The first-order valence-electron chi connectivity index (χ1n) is 5.89. The van der Waals surface area contributed by atoms with E-state index in [9.17, 15) is 4.79 Å². The normalized spacial score (nSPS) is 12.3. The molecule has 0 radical (unpaired) electrons. The van der Waals surface area contributed by atoms with Crippen molar-refractivity contribution in [3.8, 4) is 0 Å². The summed E-state index contributed by atoms with van der Waals surface area (Å²) in [6.45, 7) is 2.64. The lowest BCUT2D eigenvalue weighted by Crippen LogP contribution is -2.33. The molecule has 0 aliphatic carbocycles. The molecule has 0 aliphatic heterocycles. The van der Waals surface area contributed by atoms with Gasteiger partial charge < -0.3 is 5.73 Å². The van der Waals surface area contributed by atoms with Crippen LogP contribution in [0.15, 0.2) is 40.2 Å². The molecule has 1 atom stereocenters. The van der Waals surface area contributed by atoms with Crippen LogP contribution in [0.4, 0.5) is 0 Å². The number of aryl methyl sites for hydroxylation is 1. The number of halogens is 1. The number of thiophene rings is 1. The van der Waals surface area contributed by atoms with Crippen molar-refractivity contribution in [2.24, 2.45) is 5.73 Å². The van der Waals surface area contributed by atoms with E-state index in [1.54, 1.807) is 11.3 Å². The standard InChI is InChI=1S/C14H15BrN2OS/c1-9-4-5-10(7-12(9)15)13(14(16)18)17-8-11-3-2-6-19-11/h2-7,13,17H,8H2,1H3,(H2,16,18). The van der Waals surface area contributed by atoms with E-state index >= 15 is 0 Å². The quantitative estimate of drug-likeness (QED) is 0.879. The van der Waals surface area contributed by atoms with Crippen LogP contribution < -0.4 is 11.1 Å². The number of primary amides is 1. The van der Waals surface area contributed by atoms with Gasteiger partial charge in [-0.15, -0.1) is 11.3 Å². The Morgan fingerprint density at radius 1 is 1.47 bits per heavy atom. The van der Waals surface area contributed by atoms with Crippen LogP contribution in [-0.2, 0) is 11.3 Å². The SMILES string of the molecule is Cc1ccc(C(NCc2cccs2)C(N)=O)cc1Br. The number of carbonyl (C=O) groups excluding carboxylic acids is 1. The molecule has 2 aromatic rings. The van der Waals surface area contributed by atoms with Crippen molar-refractivity contribution < 1.29 is 4.79 Å². The van der Waals surface area contributed by atoms with E-state index in [4.69, 9.17) is 5.73 Å². The van der Waals surface area contributed by atoms with Gasteiger partial charge >= 0.3 is 0 Å². The lowest BCUT2D eigenvalue weighted by atomic mass is 10.0. The summed E-state index contributed by atoms with van der Waals surface area (Å²) in [4.78, 5) is 12.8. The summed E-state index contributed by atoms with van der Waals surface area (Å²) >= 11 is 5.13. The summed E-state index contributed by atoms with van der Waals surface area (Å²) in [5, 5.41) is 5.21. The van der Waals surface area contributed by atoms with Gasteiger partial charge in [0.1, 0.15) is 6.04 Å². The first-order chi connectivity index (χ1) is 9.08. The molecule has 3 N–H and O–H groups in total. The molecule has 3 nitrogen and oxygen atoms in total. The van der Waals surface area contributed by atoms with Gasteiger partial charge in [-0.3, -0.25) is 10.1 Å². The van der Waals surface area contributed by atoms with Gasteiger partial charge in [-0.25, -0.2) is 0 Å². The third kappa shape index (κ3) is 3.65. The predicted octanol–water partition coefficient (Wildman–Crippen LogP) is 3.14. The summed E-state index contributed by atoms with van der Waals surface area (Å²) in [6.07, 6.45) is 0. The third-order valence-electron chi connectivity index (χ3n) is 2.87. The number of nitrogens with two attached hydrogens (primary N) is 1. The summed E-state index contributed by atoms with van der Waals surface area (Å²) in [6, 6.07) is 9.38. The number of hydrogen-bond donors (Lipinski definition) is 2. The molecule has 0 bridgehead atoms. The van der Waals surface area contributed by atoms with Crippen LogP contribution in [-0.4, -0.2) is 5.91 Å². The van der Waals surface area contributed by atoms with Crippen LogP contribution >= 0.6 is 27.3 Å². The van der Waals surface area contributed by atoms with Crippen LogP contribution in [0.3, 0.4) is 0 Å². The molecule has 0 spiro atoms. The van der Waals surface area contributed by atoms with Gasteiger partial charge in [0.2, 0.25) is 5.91 Å². The molecule has 2 rings (SSSR count). The van der Waals surface area contributed by atoms with Crippen molar-refractivity contribution in [1.29, 1.82) is 0 Å². The molecule has 0 saturated carbocycles. The summed E-state index contributed by atoms with van der Waals surface area (Å²) < 4.78 is 0.981. The lowest BCUT2D eigenvalue weighted by molar-refractivity contribution is -0.120. The Morgan fingerprint density at radius 3 is 2.84 bits per heavy atom. The van der Waals surface area contributed by atoms with Crippen molar-refractivity contribution in [1.82, 2.24) is 5.32 Å². The monoisotopic (exact) mass is 338 g/mol. The van der Waals surface area contributed by atoms with Crippen LogP contribution in [0, 0.1) is 6.92 Å². The maximum absolute atomic E-state index is 11.6. The highest BCUT2D eigenvalue weighted by Crippen LogP contribution is 2.22. The van der Waals surface area contributed by atoms with Crippen LogP contribution in [0.2, 0.25) is 0 Å². The zero-order chi connectivity index (χ0) is 13.8. The van der Waals surface area contributed by atoms with E-state index in [1.807, 2.05) is 42.6 Å². The van der Waals surface area contributed by atoms with Gasteiger partial charge in [-0.1, -0.05) is 34.1 Å². The summed E-state index contributed by atoms with van der Waals surface area (Å²) in [5.74, 6) is -0.368. The van der Waals surface area contributed by atoms with E-state index in [0.717, 1.165) is 15.6 Å². The number of rotatable bonds is 5. The largest absolute Gasteiger partial charge is 0.368 e. The molecule has 19 heavy (non-hydrogen) atoms. The fourth-order valence-corrected chi connectivity index (χ4v) is 2.84. The number of benzene rings is 1. The Labute approximate surface area is 125 Å². The zero-order valence-corrected chi connectivity index (χ0v) is 12.9. The number of nitrogens with one attached hydrogen (secondary N) is 1. The van der Waals surface area contributed by atoms with Crippen molar-refractivity contribution in [2.75, 3.05) is 0 Å². The maximum atomic E-state index is 11.6. The van der Waals surface area contributed by atoms with Crippen molar-refractivity contribution in [3.05, 3.63) is 56.2 Å². The highest BCUT2D eigenvalue weighted by Gasteiger charge is 2.17. The topological polar surface area (TPSA) is 55.1 Å². The molecule has 0 saturated heterocycles. The molecule has 1 aromatic heterocycles. The van der Waals surface area contributed by atoms with E-state index in [2.05, 4.69) is 21.2 Å². The zero-order valence-electron chi connectivity index (χ0n) is 10.5. The second-order valence-corrected chi connectivity index (χ2v) is 6.19. The fourth-order valence-electron chi connectivity index (χ4n) is 1.79. The van der Waals surface area contributed by atoms with E-state index in [-0.39, 0.29) is 5.91 Å². The van der Waals surface area contributed by atoms with Crippen molar-refractivity contribution >= 4 is 33.2 Å². The number of hydrogen-bond acceptors (Lipinski definition) is 3. The highest BCUT2D eigenvalue weighted by atomic mass is 79.9. The van der Waals surface area contributed by atoms with Crippen LogP contribution in [0.1, 0.15) is 22.0 Å². The molecule has 100 valence electrons. The van der Waals surface area contributed by atoms with Gasteiger partial charge in [-0.05, 0) is 35.6 Å². The average Bonchev–Trinajstić information content (AvgIpc) is 2.86. The molecule has 1 heterocycles. The van der Waals surface area contributed by atoms with Crippen molar-refractivity contribution in [2.45, 2.75) is 19.5 Å². The van der Waals surface area contributed by atoms with Crippen LogP contribution in [0.25, 0.3) is 0 Å². The summed E-state index contributed by atoms with van der Waals surface area (Å²) in [7, 11) is 0. The first-order valence-corrected chi connectivity index (χ1v) is 7.56. The average molecular weight is 339 g/mol. The first kappa shape index (κ1) is 14.2. The molecule has 5 heteroatoms. The molecular formula is C14H15BrN2OS. The summed E-state index contributed by atoms with van der Waals surface area (Å²) in [5.41, 5.74) is 7.49. The van der Waals surface area contributed by atoms with Gasteiger partial charge in [0.15, 0.2) is 0 Å². The molecule has 1 unspecified atom stereocenters. The number of carbonyl (C=O) groups is 1. The Kier molecular flexibility index (Phi) is 4.74. The highest BCUT2D eigenvalue weighted by molar-refractivity contribution is 9.10. The number of amides is 1. The Morgan fingerprint density at radius 2 is 2.26 bits per heavy atom. The second kappa shape index (κ2) is 6.32. The second-order valence-electron chi connectivity index (χ2n) is 4.30. The molecule has 0 fully saturated rings. The van der Waals surface area contributed by atoms with E-state index in [1.165, 1.54) is 4.88 Å². The van der Waals surface area contributed by atoms with Gasteiger partial charge in [-0.2, -0.15) is 0 Å². The lowest BCUT2D eigenvalue weighted by Gasteiger charge is -2.16. The van der Waals surface area contributed by atoms with Crippen molar-refractivity contribution in [3.63, 3.8) is 0 Å². The maximum Gasteiger partial charge on any atom is 0.239 e. The van der Waals surface area contributed by atoms with E-state index < -0.39 is 6.04 Å². The smallest absolute Gasteiger partial charge is 0.239 e. The molecule has 0 aliphatic rings. The molecule has 1 amide bonds. The van der Waals surface area contributed by atoms with Gasteiger partial charge in [0.05, 0.1) is 0 Å². The van der Waals surface area contributed by atoms with E-state index in [0.29, 0.717) is 6.54 Å². The third-order valence-corrected chi connectivity index (χ3v) is 4.60. The van der Waals surface area contributed by atoms with Gasteiger partial charge in [0.25, 0.3) is 0 Å². The molecular weight excluding hydrogens is 324 g/mol.